The minimum atomic E-state index is -1.01. The highest BCUT2D eigenvalue weighted by atomic mass is 16.5. The number of rotatable bonds is 5. The molecule has 1 atom stereocenters. The number of amides is 1. The van der Waals surface area contributed by atoms with E-state index in [0.29, 0.717) is 23.3 Å². The van der Waals surface area contributed by atoms with Crippen LogP contribution in [0.25, 0.3) is 0 Å². The minimum absolute atomic E-state index is 0.0721. The maximum absolute atomic E-state index is 12.8. The fourth-order valence-electron chi connectivity index (χ4n) is 4.40. The van der Waals surface area contributed by atoms with E-state index in [1.165, 1.54) is 19.2 Å². The standard InChI is InChI=1S/C22H26N4O4/c1-13-21(27)25(2)17-10-11-19(24-20(17)26(13)15-6-4-5-7-15)23-16-9-8-14(22(28)29)12-18(16)30-3/h8-13,15H,4-7H2,1-3H3,(H,23,24)(H,28,29)/t13-/m0/s1. The Kier molecular flexibility index (Phi) is 5.24. The van der Waals surface area contributed by atoms with Crippen molar-refractivity contribution in [1.29, 1.82) is 0 Å². The molecule has 2 N–H and O–H groups in total. The van der Waals surface area contributed by atoms with Gasteiger partial charge in [0.25, 0.3) is 0 Å². The van der Waals surface area contributed by atoms with Crippen molar-refractivity contribution in [2.75, 3.05) is 29.3 Å². The molecule has 1 aliphatic heterocycles. The average Bonchev–Trinajstić information content (AvgIpc) is 3.26. The number of carboxylic acids is 1. The van der Waals surface area contributed by atoms with E-state index >= 15 is 0 Å². The lowest BCUT2D eigenvalue weighted by Crippen LogP contribution is -2.54. The van der Waals surface area contributed by atoms with Crippen molar-refractivity contribution >= 4 is 34.9 Å². The summed E-state index contributed by atoms with van der Waals surface area (Å²) in [6.45, 7) is 1.94. The smallest absolute Gasteiger partial charge is 0.335 e. The van der Waals surface area contributed by atoms with Crippen LogP contribution >= 0.6 is 0 Å². The molecule has 2 heterocycles. The van der Waals surface area contributed by atoms with Crippen LogP contribution in [0.3, 0.4) is 0 Å². The number of carbonyl (C=O) groups is 2. The third-order valence-corrected chi connectivity index (χ3v) is 5.99. The molecule has 1 amide bonds. The molecule has 0 unspecified atom stereocenters. The maximum atomic E-state index is 12.8. The first kappa shape index (κ1) is 20.0. The van der Waals surface area contributed by atoms with Crippen molar-refractivity contribution in [2.24, 2.45) is 0 Å². The summed E-state index contributed by atoms with van der Waals surface area (Å²) in [4.78, 5) is 32.7. The number of carboxylic acid groups (broad SMARTS) is 1. The van der Waals surface area contributed by atoms with Gasteiger partial charge in [-0.25, -0.2) is 9.78 Å². The predicted octanol–water partition coefficient (Wildman–Crippen LogP) is 3.65. The summed E-state index contributed by atoms with van der Waals surface area (Å²) in [6, 6.07) is 8.41. The van der Waals surface area contributed by atoms with Gasteiger partial charge in [-0.2, -0.15) is 0 Å². The Morgan fingerprint density at radius 3 is 2.63 bits per heavy atom. The zero-order chi connectivity index (χ0) is 21.4. The molecule has 1 saturated carbocycles. The van der Waals surface area contributed by atoms with Gasteiger partial charge in [-0.15, -0.1) is 0 Å². The molecule has 8 heteroatoms. The zero-order valence-electron chi connectivity index (χ0n) is 17.4. The van der Waals surface area contributed by atoms with Crippen molar-refractivity contribution in [3.05, 3.63) is 35.9 Å². The lowest BCUT2D eigenvalue weighted by atomic mass is 10.1. The van der Waals surface area contributed by atoms with Gasteiger partial charge in [0.1, 0.15) is 17.6 Å². The second-order valence-electron chi connectivity index (χ2n) is 7.80. The van der Waals surface area contributed by atoms with Crippen LogP contribution in [0.15, 0.2) is 30.3 Å². The minimum Gasteiger partial charge on any atom is -0.495 e. The summed E-state index contributed by atoms with van der Waals surface area (Å²) in [5.74, 6) is 0.877. The first-order valence-corrected chi connectivity index (χ1v) is 10.2. The topological polar surface area (TPSA) is 95.0 Å². The van der Waals surface area contributed by atoms with E-state index in [-0.39, 0.29) is 17.5 Å². The normalized spacial score (nSPS) is 19.0. The van der Waals surface area contributed by atoms with Crippen LogP contribution in [0, 0.1) is 0 Å². The lowest BCUT2D eigenvalue weighted by molar-refractivity contribution is -0.119. The van der Waals surface area contributed by atoms with Crippen LogP contribution in [-0.2, 0) is 4.79 Å². The van der Waals surface area contributed by atoms with Gasteiger partial charge in [0.15, 0.2) is 5.82 Å². The summed E-state index contributed by atoms with van der Waals surface area (Å²) in [6.07, 6.45) is 4.45. The molecule has 0 bridgehead atoms. The van der Waals surface area contributed by atoms with Gasteiger partial charge < -0.3 is 25.0 Å². The SMILES string of the molecule is COc1cc(C(=O)O)ccc1Nc1ccc2c(n1)N(C1CCCC1)[C@@H](C)C(=O)N2C. The van der Waals surface area contributed by atoms with Gasteiger partial charge in [-0.05, 0) is 50.1 Å². The Bertz CT molecular complexity index is 987. The number of fused-ring (bicyclic) bond motifs is 1. The van der Waals surface area contributed by atoms with Crippen molar-refractivity contribution in [2.45, 2.75) is 44.7 Å². The van der Waals surface area contributed by atoms with E-state index in [1.54, 1.807) is 18.0 Å². The molecular weight excluding hydrogens is 384 g/mol. The number of nitrogens with zero attached hydrogens (tertiary/aromatic N) is 3. The number of aromatic nitrogens is 1. The lowest BCUT2D eigenvalue weighted by Gasteiger charge is -2.42. The van der Waals surface area contributed by atoms with Crippen LogP contribution < -0.4 is 19.9 Å². The molecule has 0 spiro atoms. The highest BCUT2D eigenvalue weighted by Gasteiger charge is 2.39. The molecule has 158 valence electrons. The number of pyridine rings is 1. The summed E-state index contributed by atoms with van der Waals surface area (Å²) in [5.41, 5.74) is 1.57. The monoisotopic (exact) mass is 410 g/mol. The molecule has 0 saturated heterocycles. The predicted molar refractivity (Wildman–Crippen MR) is 115 cm³/mol. The van der Waals surface area contributed by atoms with Crippen LogP contribution in [0.1, 0.15) is 43.0 Å². The first-order chi connectivity index (χ1) is 14.4. The molecule has 1 fully saturated rings. The first-order valence-electron chi connectivity index (χ1n) is 10.2. The molecule has 1 aliphatic carbocycles. The number of ether oxygens (including phenoxy) is 1. The summed E-state index contributed by atoms with van der Waals surface area (Å²) >= 11 is 0. The Morgan fingerprint density at radius 1 is 1.23 bits per heavy atom. The fraction of sp³-hybridized carbons (Fsp3) is 0.409. The van der Waals surface area contributed by atoms with Crippen molar-refractivity contribution < 1.29 is 19.4 Å². The zero-order valence-corrected chi connectivity index (χ0v) is 17.4. The second-order valence-corrected chi connectivity index (χ2v) is 7.80. The van der Waals surface area contributed by atoms with E-state index in [4.69, 9.17) is 9.72 Å². The molecule has 2 aromatic rings. The van der Waals surface area contributed by atoms with Gasteiger partial charge >= 0.3 is 5.97 Å². The van der Waals surface area contributed by atoms with Crippen molar-refractivity contribution in [3.8, 4) is 5.75 Å². The molecule has 1 aromatic carbocycles. The molecule has 30 heavy (non-hydrogen) atoms. The number of nitrogens with one attached hydrogen (secondary N) is 1. The van der Waals surface area contributed by atoms with Crippen LogP contribution in [0.4, 0.5) is 23.0 Å². The summed E-state index contributed by atoms with van der Waals surface area (Å²) in [7, 11) is 3.28. The highest BCUT2D eigenvalue weighted by molar-refractivity contribution is 6.04. The Labute approximate surface area is 175 Å². The third-order valence-electron chi connectivity index (χ3n) is 5.99. The number of carbonyl (C=O) groups excluding carboxylic acids is 1. The highest BCUT2D eigenvalue weighted by Crippen LogP contribution is 2.40. The van der Waals surface area contributed by atoms with Crippen molar-refractivity contribution in [1.82, 2.24) is 4.98 Å². The Balaban J connectivity index is 1.71. The molecule has 1 aromatic heterocycles. The summed E-state index contributed by atoms with van der Waals surface area (Å²) in [5, 5.41) is 12.4. The largest absolute Gasteiger partial charge is 0.495 e. The average molecular weight is 410 g/mol. The Hall–Kier alpha value is -3.29. The quantitative estimate of drug-likeness (QED) is 0.777. The van der Waals surface area contributed by atoms with E-state index in [9.17, 15) is 14.7 Å². The van der Waals surface area contributed by atoms with E-state index in [0.717, 1.165) is 37.2 Å². The molecule has 2 aliphatic rings. The molecule has 8 nitrogen and oxygen atoms in total. The molecule has 4 rings (SSSR count). The van der Waals surface area contributed by atoms with Gasteiger partial charge in [-0.1, -0.05) is 12.8 Å². The number of benzene rings is 1. The van der Waals surface area contributed by atoms with E-state index in [2.05, 4.69) is 10.2 Å². The number of aromatic carboxylic acids is 1. The number of hydrogen-bond donors (Lipinski definition) is 2. The van der Waals surface area contributed by atoms with Gasteiger partial charge in [0.05, 0.1) is 24.0 Å². The maximum Gasteiger partial charge on any atom is 0.335 e. The number of hydrogen-bond acceptors (Lipinski definition) is 6. The fourth-order valence-corrected chi connectivity index (χ4v) is 4.40. The molecule has 0 radical (unpaired) electrons. The van der Waals surface area contributed by atoms with Crippen molar-refractivity contribution in [3.63, 3.8) is 0 Å². The molecular formula is C22H26N4O4. The number of methoxy groups -OCH3 is 1. The number of anilines is 4. The van der Waals surface area contributed by atoms with Crippen LogP contribution in [0.5, 0.6) is 5.75 Å². The van der Waals surface area contributed by atoms with E-state index < -0.39 is 5.97 Å². The second kappa shape index (κ2) is 7.85. The van der Waals surface area contributed by atoms with Gasteiger partial charge in [0, 0.05) is 13.1 Å². The summed E-state index contributed by atoms with van der Waals surface area (Å²) < 4.78 is 5.35. The van der Waals surface area contributed by atoms with Crippen LogP contribution in [0.2, 0.25) is 0 Å². The number of likely N-dealkylation sites (N-methyl/N-ethyl adjacent to an activating group) is 1. The van der Waals surface area contributed by atoms with Crippen LogP contribution in [-0.4, -0.2) is 48.2 Å². The Morgan fingerprint density at radius 2 is 1.97 bits per heavy atom. The van der Waals surface area contributed by atoms with Gasteiger partial charge in [0.2, 0.25) is 5.91 Å². The third kappa shape index (κ3) is 3.42. The van der Waals surface area contributed by atoms with E-state index in [1.807, 2.05) is 19.1 Å². The van der Waals surface area contributed by atoms with Gasteiger partial charge in [-0.3, -0.25) is 4.79 Å².